The minimum Gasteiger partial charge on any atom is -0.465 e. The molecule has 8 heteroatoms. The molecular weight excluding hydrogens is 356 g/mol. The molecule has 0 spiro atoms. The van der Waals surface area contributed by atoms with E-state index in [9.17, 15) is 18.0 Å². The molecule has 0 unspecified atom stereocenters. The second-order valence-corrected chi connectivity index (χ2v) is 7.54. The van der Waals surface area contributed by atoms with E-state index >= 15 is 0 Å². The van der Waals surface area contributed by atoms with Gasteiger partial charge >= 0.3 is 5.97 Å². The predicted octanol–water partition coefficient (Wildman–Crippen LogP) is 2.17. The number of ether oxygens (including phenoxy) is 1. The normalized spacial score (nSPS) is 13.7. The number of carbonyl (C=O) groups excluding carboxylic acids is 2. The van der Waals surface area contributed by atoms with E-state index in [0.717, 1.165) is 12.8 Å². The van der Waals surface area contributed by atoms with Gasteiger partial charge in [0.05, 0.1) is 23.9 Å². The molecule has 0 radical (unpaired) electrons. The number of nitrogens with one attached hydrogen (secondary N) is 2. The van der Waals surface area contributed by atoms with Gasteiger partial charge in [0.25, 0.3) is 15.9 Å². The molecule has 0 atom stereocenters. The lowest BCUT2D eigenvalue weighted by Crippen LogP contribution is -2.27. The highest BCUT2D eigenvalue weighted by Crippen LogP contribution is 2.24. The summed E-state index contributed by atoms with van der Waals surface area (Å²) in [7, 11) is -2.92. The number of amides is 1. The number of para-hydroxylation sites is 1. The Morgan fingerprint density at radius 1 is 1.00 bits per heavy atom. The summed E-state index contributed by atoms with van der Waals surface area (Å²) < 4.78 is 32.6. The van der Waals surface area contributed by atoms with Gasteiger partial charge in [-0.2, -0.15) is 0 Å². The monoisotopic (exact) mass is 374 g/mol. The van der Waals surface area contributed by atoms with Gasteiger partial charge in [-0.25, -0.2) is 13.2 Å². The van der Waals surface area contributed by atoms with Crippen molar-refractivity contribution in [1.82, 2.24) is 5.32 Å². The van der Waals surface area contributed by atoms with Crippen LogP contribution in [0.3, 0.4) is 0 Å². The van der Waals surface area contributed by atoms with E-state index < -0.39 is 16.0 Å². The van der Waals surface area contributed by atoms with Crippen LogP contribution >= 0.6 is 0 Å². The number of rotatable bonds is 6. The first-order chi connectivity index (χ1) is 12.4. The molecule has 0 saturated heterocycles. The van der Waals surface area contributed by atoms with Crippen LogP contribution in [0, 0.1) is 0 Å². The molecule has 0 bridgehead atoms. The van der Waals surface area contributed by atoms with Crippen LogP contribution in [-0.4, -0.2) is 33.4 Å². The van der Waals surface area contributed by atoms with Gasteiger partial charge in [-0.15, -0.1) is 0 Å². The lowest BCUT2D eigenvalue weighted by molar-refractivity contribution is 0.0596. The van der Waals surface area contributed by atoms with Gasteiger partial charge in [0.2, 0.25) is 0 Å². The number of benzene rings is 2. The van der Waals surface area contributed by atoms with Crippen molar-refractivity contribution in [2.45, 2.75) is 23.8 Å². The van der Waals surface area contributed by atoms with Crippen LogP contribution < -0.4 is 10.0 Å². The molecule has 1 fully saturated rings. The minimum atomic E-state index is -4.10. The van der Waals surface area contributed by atoms with E-state index in [2.05, 4.69) is 14.8 Å². The van der Waals surface area contributed by atoms with Crippen LogP contribution in [-0.2, 0) is 14.8 Å². The van der Waals surface area contributed by atoms with Crippen molar-refractivity contribution in [2.24, 2.45) is 0 Å². The van der Waals surface area contributed by atoms with Gasteiger partial charge in [-0.1, -0.05) is 24.3 Å². The fourth-order valence-electron chi connectivity index (χ4n) is 2.44. The average Bonchev–Trinajstić information content (AvgIpc) is 3.45. The van der Waals surface area contributed by atoms with Crippen molar-refractivity contribution in [3.63, 3.8) is 0 Å². The van der Waals surface area contributed by atoms with Crippen LogP contribution in [0.1, 0.15) is 33.6 Å². The van der Waals surface area contributed by atoms with Crippen LogP contribution in [0.5, 0.6) is 0 Å². The van der Waals surface area contributed by atoms with Gasteiger partial charge in [0, 0.05) is 6.04 Å². The van der Waals surface area contributed by atoms with Crippen LogP contribution in [0.15, 0.2) is 53.4 Å². The molecule has 26 heavy (non-hydrogen) atoms. The molecule has 136 valence electrons. The van der Waals surface area contributed by atoms with Crippen molar-refractivity contribution in [1.29, 1.82) is 0 Å². The summed E-state index contributed by atoms with van der Waals surface area (Å²) in [4.78, 5) is 24.0. The summed E-state index contributed by atoms with van der Waals surface area (Å²) >= 11 is 0. The maximum Gasteiger partial charge on any atom is 0.339 e. The van der Waals surface area contributed by atoms with Gasteiger partial charge in [-0.05, 0) is 37.1 Å². The van der Waals surface area contributed by atoms with E-state index in [1.54, 1.807) is 24.3 Å². The number of sulfonamides is 1. The topological polar surface area (TPSA) is 102 Å². The molecule has 7 nitrogen and oxygen atoms in total. The summed E-state index contributed by atoms with van der Waals surface area (Å²) in [5, 5.41) is 2.83. The first kappa shape index (κ1) is 17.9. The summed E-state index contributed by atoms with van der Waals surface area (Å²) in [6.07, 6.45) is 1.85. The number of esters is 1. The first-order valence-electron chi connectivity index (χ1n) is 8.02. The smallest absolute Gasteiger partial charge is 0.339 e. The Morgan fingerprint density at radius 2 is 1.62 bits per heavy atom. The third-order valence-electron chi connectivity index (χ3n) is 3.91. The number of carbonyl (C=O) groups is 2. The fraction of sp³-hybridized carbons (Fsp3) is 0.222. The van der Waals surface area contributed by atoms with E-state index in [1.165, 1.54) is 31.4 Å². The van der Waals surface area contributed by atoms with Crippen molar-refractivity contribution < 1.29 is 22.7 Å². The highest BCUT2D eigenvalue weighted by Gasteiger charge is 2.27. The summed E-state index contributed by atoms with van der Waals surface area (Å²) in [6.45, 7) is 0. The lowest BCUT2D eigenvalue weighted by Gasteiger charge is -2.14. The van der Waals surface area contributed by atoms with Crippen molar-refractivity contribution in [3.8, 4) is 0 Å². The van der Waals surface area contributed by atoms with E-state index in [0.29, 0.717) is 0 Å². The summed E-state index contributed by atoms with van der Waals surface area (Å²) in [6, 6.07) is 12.2. The molecule has 2 aromatic carbocycles. The second kappa shape index (κ2) is 7.17. The molecule has 3 rings (SSSR count). The van der Waals surface area contributed by atoms with E-state index in [4.69, 9.17) is 0 Å². The second-order valence-electron chi connectivity index (χ2n) is 5.89. The van der Waals surface area contributed by atoms with Gasteiger partial charge in [0.1, 0.15) is 4.90 Å². The Labute approximate surface area is 151 Å². The van der Waals surface area contributed by atoms with Gasteiger partial charge < -0.3 is 10.1 Å². The Bertz CT molecular complexity index is 952. The fourth-order valence-corrected chi connectivity index (χ4v) is 3.72. The van der Waals surface area contributed by atoms with Crippen LogP contribution in [0.4, 0.5) is 5.69 Å². The Morgan fingerprint density at radius 3 is 2.27 bits per heavy atom. The highest BCUT2D eigenvalue weighted by atomic mass is 32.2. The Kier molecular flexibility index (Phi) is 4.94. The number of methoxy groups -OCH3 is 1. The molecule has 1 saturated carbocycles. The average molecular weight is 374 g/mol. The quantitative estimate of drug-likeness (QED) is 0.755. The van der Waals surface area contributed by atoms with Gasteiger partial charge in [-0.3, -0.25) is 9.52 Å². The molecule has 1 aliphatic rings. The zero-order valence-corrected chi connectivity index (χ0v) is 14.9. The molecule has 1 aliphatic carbocycles. The zero-order valence-electron chi connectivity index (χ0n) is 14.1. The third-order valence-corrected chi connectivity index (χ3v) is 5.33. The standard InChI is InChI=1S/C18H18N2O5S/c1-25-18(22)14-7-3-5-9-16(14)26(23,24)20-15-8-4-2-6-13(15)17(21)19-12-10-11-12/h2-9,12,20H,10-11H2,1H3,(H,19,21). The largest absolute Gasteiger partial charge is 0.465 e. The Balaban J connectivity index is 1.94. The molecule has 0 heterocycles. The van der Waals surface area contributed by atoms with Crippen LogP contribution in [0.2, 0.25) is 0 Å². The summed E-state index contributed by atoms with van der Waals surface area (Å²) in [5.74, 6) is -1.10. The molecule has 0 aliphatic heterocycles. The maximum atomic E-state index is 12.8. The molecular formula is C18H18N2O5S. The van der Waals surface area contributed by atoms with Crippen LogP contribution in [0.25, 0.3) is 0 Å². The molecule has 1 amide bonds. The minimum absolute atomic E-state index is 0.0811. The SMILES string of the molecule is COC(=O)c1ccccc1S(=O)(=O)Nc1ccccc1C(=O)NC1CC1. The lowest BCUT2D eigenvalue weighted by atomic mass is 10.1. The highest BCUT2D eigenvalue weighted by molar-refractivity contribution is 7.92. The molecule has 2 N–H and O–H groups in total. The van der Waals surface area contributed by atoms with Crippen molar-refractivity contribution in [3.05, 3.63) is 59.7 Å². The summed E-state index contributed by atoms with van der Waals surface area (Å²) in [5.41, 5.74) is 0.284. The zero-order chi connectivity index (χ0) is 18.7. The molecule has 2 aromatic rings. The predicted molar refractivity (Wildman–Crippen MR) is 95.5 cm³/mol. The van der Waals surface area contributed by atoms with Crippen molar-refractivity contribution in [2.75, 3.05) is 11.8 Å². The third kappa shape index (κ3) is 3.85. The van der Waals surface area contributed by atoms with Crippen molar-refractivity contribution >= 4 is 27.6 Å². The maximum absolute atomic E-state index is 12.8. The molecule has 0 aromatic heterocycles. The number of anilines is 1. The number of hydrogen-bond donors (Lipinski definition) is 2. The van der Waals surface area contributed by atoms with E-state index in [-0.39, 0.29) is 33.7 Å². The number of hydrogen-bond acceptors (Lipinski definition) is 5. The van der Waals surface area contributed by atoms with Gasteiger partial charge in [0.15, 0.2) is 0 Å². The van der Waals surface area contributed by atoms with E-state index in [1.807, 2.05) is 0 Å². The first-order valence-corrected chi connectivity index (χ1v) is 9.51. The Hall–Kier alpha value is -2.87.